The molecule has 5 heteroatoms. The van der Waals surface area contributed by atoms with Crippen LogP contribution in [0.15, 0.2) is 36.7 Å². The van der Waals surface area contributed by atoms with Crippen molar-refractivity contribution >= 4 is 17.6 Å². The van der Waals surface area contributed by atoms with Crippen LogP contribution in [0.4, 0.5) is 5.69 Å². The number of rotatable bonds is 4. The number of esters is 1. The monoisotopic (exact) mass is 312 g/mol. The fourth-order valence-electron chi connectivity index (χ4n) is 2.37. The number of carbonyl (C=O) groups excluding carboxylic acids is 2. The molecule has 0 aliphatic carbocycles. The molecule has 1 atom stereocenters. The predicted octanol–water partition coefficient (Wildman–Crippen LogP) is 3.19. The van der Waals surface area contributed by atoms with Crippen molar-refractivity contribution in [3.8, 4) is 0 Å². The Morgan fingerprint density at radius 3 is 2.39 bits per heavy atom. The van der Waals surface area contributed by atoms with Crippen molar-refractivity contribution in [2.24, 2.45) is 0 Å². The second kappa shape index (κ2) is 7.05. The van der Waals surface area contributed by atoms with Crippen LogP contribution >= 0.6 is 0 Å². The minimum atomic E-state index is -0.900. The van der Waals surface area contributed by atoms with E-state index in [2.05, 4.69) is 10.3 Å². The number of nitrogens with zero attached hydrogens (tertiary/aromatic N) is 1. The molecule has 1 N–H and O–H groups in total. The van der Waals surface area contributed by atoms with Crippen molar-refractivity contribution in [3.05, 3.63) is 58.9 Å². The fraction of sp³-hybridized carbons (Fsp3) is 0.278. The molecular formula is C18H20N2O3. The molecule has 120 valence electrons. The van der Waals surface area contributed by atoms with Gasteiger partial charge in [-0.15, -0.1) is 0 Å². The number of aryl methyl sites for hydroxylation is 3. The van der Waals surface area contributed by atoms with Gasteiger partial charge >= 0.3 is 5.97 Å². The van der Waals surface area contributed by atoms with Gasteiger partial charge in [-0.1, -0.05) is 17.7 Å². The Balaban J connectivity index is 2.05. The normalized spacial score (nSPS) is 11.7. The van der Waals surface area contributed by atoms with E-state index in [1.807, 2.05) is 32.9 Å². The van der Waals surface area contributed by atoms with Gasteiger partial charge in [-0.05, 0) is 51.0 Å². The van der Waals surface area contributed by atoms with Crippen molar-refractivity contribution in [2.75, 3.05) is 5.32 Å². The maximum absolute atomic E-state index is 12.3. The Labute approximate surface area is 135 Å². The molecule has 1 amide bonds. The van der Waals surface area contributed by atoms with Gasteiger partial charge in [0.2, 0.25) is 0 Å². The number of amides is 1. The van der Waals surface area contributed by atoms with E-state index in [9.17, 15) is 9.59 Å². The lowest BCUT2D eigenvalue weighted by atomic mass is 10.0. The maximum atomic E-state index is 12.3. The molecule has 1 heterocycles. The Hall–Kier alpha value is -2.69. The zero-order valence-corrected chi connectivity index (χ0v) is 13.7. The molecule has 0 saturated heterocycles. The van der Waals surface area contributed by atoms with Crippen LogP contribution < -0.4 is 5.32 Å². The van der Waals surface area contributed by atoms with E-state index < -0.39 is 12.1 Å². The van der Waals surface area contributed by atoms with Gasteiger partial charge in [-0.3, -0.25) is 9.78 Å². The number of hydrogen-bond donors (Lipinski definition) is 1. The number of carbonyl (C=O) groups is 2. The average molecular weight is 312 g/mol. The van der Waals surface area contributed by atoms with Crippen LogP contribution in [0.3, 0.4) is 0 Å². The highest BCUT2D eigenvalue weighted by Crippen LogP contribution is 2.22. The molecule has 5 nitrogen and oxygen atoms in total. The van der Waals surface area contributed by atoms with Crippen LogP contribution in [-0.2, 0) is 9.53 Å². The molecule has 0 aliphatic heterocycles. The highest BCUT2D eigenvalue weighted by Gasteiger charge is 2.20. The van der Waals surface area contributed by atoms with Crippen molar-refractivity contribution in [2.45, 2.75) is 33.8 Å². The quantitative estimate of drug-likeness (QED) is 0.880. The van der Waals surface area contributed by atoms with Crippen molar-refractivity contribution in [1.82, 2.24) is 4.98 Å². The fourth-order valence-corrected chi connectivity index (χ4v) is 2.37. The van der Waals surface area contributed by atoms with Gasteiger partial charge < -0.3 is 10.1 Å². The van der Waals surface area contributed by atoms with E-state index >= 15 is 0 Å². The first-order chi connectivity index (χ1) is 10.9. The largest absolute Gasteiger partial charge is 0.449 e. The van der Waals surface area contributed by atoms with Crippen molar-refractivity contribution < 1.29 is 14.3 Å². The SMILES string of the molecule is Cc1cc(C)c(NC(=O)[C@H](C)OC(=O)c2cccnc2)c(C)c1. The number of pyridine rings is 1. The molecule has 2 aromatic rings. The smallest absolute Gasteiger partial charge is 0.340 e. The van der Waals surface area contributed by atoms with E-state index in [1.165, 1.54) is 6.20 Å². The van der Waals surface area contributed by atoms with Gasteiger partial charge in [0, 0.05) is 18.1 Å². The highest BCUT2D eigenvalue weighted by atomic mass is 16.5. The zero-order valence-electron chi connectivity index (χ0n) is 13.7. The van der Waals surface area contributed by atoms with Gasteiger partial charge in [-0.2, -0.15) is 0 Å². The Morgan fingerprint density at radius 1 is 1.17 bits per heavy atom. The molecule has 0 radical (unpaired) electrons. The standard InChI is InChI=1S/C18H20N2O3/c1-11-8-12(2)16(13(3)9-11)20-17(21)14(4)23-18(22)15-6-5-7-19-10-15/h5-10,14H,1-4H3,(H,20,21)/t14-/m0/s1. The van der Waals surface area contributed by atoms with E-state index in [4.69, 9.17) is 4.74 Å². The third-order valence-corrected chi connectivity index (χ3v) is 3.48. The lowest BCUT2D eigenvalue weighted by molar-refractivity contribution is -0.123. The summed E-state index contributed by atoms with van der Waals surface area (Å²) < 4.78 is 5.18. The number of benzene rings is 1. The van der Waals surface area contributed by atoms with E-state index in [0.29, 0.717) is 5.56 Å². The summed E-state index contributed by atoms with van der Waals surface area (Å²) in [5.41, 5.74) is 4.15. The highest BCUT2D eigenvalue weighted by molar-refractivity contribution is 5.98. The number of hydrogen-bond acceptors (Lipinski definition) is 4. The maximum Gasteiger partial charge on any atom is 0.340 e. The Kier molecular flexibility index (Phi) is 5.11. The van der Waals surface area contributed by atoms with Gasteiger partial charge in [0.05, 0.1) is 5.56 Å². The van der Waals surface area contributed by atoms with Crippen LogP contribution in [0.2, 0.25) is 0 Å². The lowest BCUT2D eigenvalue weighted by Gasteiger charge is -2.16. The predicted molar refractivity (Wildman–Crippen MR) is 88.4 cm³/mol. The summed E-state index contributed by atoms with van der Waals surface area (Å²) in [6.45, 7) is 7.41. The summed E-state index contributed by atoms with van der Waals surface area (Å²) in [5, 5.41) is 2.83. The lowest BCUT2D eigenvalue weighted by Crippen LogP contribution is -2.30. The van der Waals surface area contributed by atoms with Crippen LogP contribution in [-0.4, -0.2) is 23.0 Å². The summed E-state index contributed by atoms with van der Waals surface area (Å²) in [7, 11) is 0. The van der Waals surface area contributed by atoms with Crippen molar-refractivity contribution in [1.29, 1.82) is 0 Å². The minimum Gasteiger partial charge on any atom is -0.449 e. The zero-order chi connectivity index (χ0) is 17.0. The Bertz CT molecular complexity index is 703. The number of anilines is 1. The van der Waals surface area contributed by atoms with Crippen LogP contribution in [0.5, 0.6) is 0 Å². The minimum absolute atomic E-state index is 0.315. The topological polar surface area (TPSA) is 68.3 Å². The molecule has 0 unspecified atom stereocenters. The van der Waals surface area contributed by atoms with Crippen LogP contribution in [0.25, 0.3) is 0 Å². The van der Waals surface area contributed by atoms with Gasteiger partial charge in [-0.25, -0.2) is 4.79 Å². The molecule has 0 aliphatic rings. The van der Waals surface area contributed by atoms with Gasteiger partial charge in [0.25, 0.3) is 5.91 Å². The molecule has 0 spiro atoms. The summed E-state index contributed by atoms with van der Waals surface area (Å²) in [4.78, 5) is 28.1. The molecule has 23 heavy (non-hydrogen) atoms. The van der Waals surface area contributed by atoms with E-state index in [-0.39, 0.29) is 5.91 Å². The summed E-state index contributed by atoms with van der Waals surface area (Å²) in [6.07, 6.45) is 2.07. The number of ether oxygens (including phenoxy) is 1. The number of nitrogens with one attached hydrogen (secondary N) is 1. The molecule has 0 fully saturated rings. The summed E-state index contributed by atoms with van der Waals surface area (Å²) >= 11 is 0. The van der Waals surface area contributed by atoms with Crippen LogP contribution in [0.1, 0.15) is 34.0 Å². The van der Waals surface area contributed by atoms with Gasteiger partial charge in [0.15, 0.2) is 6.10 Å². The Morgan fingerprint density at radius 2 is 1.83 bits per heavy atom. The number of aromatic nitrogens is 1. The molecule has 0 saturated carbocycles. The summed E-state index contributed by atoms with van der Waals surface area (Å²) in [6, 6.07) is 7.22. The first-order valence-corrected chi connectivity index (χ1v) is 7.38. The second-order valence-electron chi connectivity index (χ2n) is 5.55. The van der Waals surface area contributed by atoms with Gasteiger partial charge in [0.1, 0.15) is 0 Å². The second-order valence-corrected chi connectivity index (χ2v) is 5.55. The first-order valence-electron chi connectivity index (χ1n) is 7.38. The molecule has 2 rings (SSSR count). The van der Waals surface area contributed by atoms with E-state index in [0.717, 1.165) is 22.4 Å². The van der Waals surface area contributed by atoms with Crippen molar-refractivity contribution in [3.63, 3.8) is 0 Å². The average Bonchev–Trinajstić information content (AvgIpc) is 2.51. The third-order valence-electron chi connectivity index (χ3n) is 3.48. The summed E-state index contributed by atoms with van der Waals surface area (Å²) in [5.74, 6) is -0.935. The third kappa shape index (κ3) is 4.16. The van der Waals surface area contributed by atoms with Crippen LogP contribution in [0, 0.1) is 20.8 Å². The molecule has 1 aromatic heterocycles. The molecule has 0 bridgehead atoms. The molecular weight excluding hydrogens is 292 g/mol. The van der Waals surface area contributed by atoms with E-state index in [1.54, 1.807) is 25.3 Å². The first kappa shape index (κ1) is 16.7. The molecule has 1 aromatic carbocycles.